The van der Waals surface area contributed by atoms with Crippen molar-refractivity contribution in [3.8, 4) is 11.3 Å². The van der Waals surface area contributed by atoms with Crippen molar-refractivity contribution < 1.29 is 4.42 Å². The Morgan fingerprint density at radius 1 is 0.409 bits per heavy atom. The third-order valence-electron chi connectivity index (χ3n) is 8.68. The van der Waals surface area contributed by atoms with Gasteiger partial charge in [-0.1, -0.05) is 103 Å². The van der Waals surface area contributed by atoms with E-state index in [4.69, 9.17) is 9.40 Å². The molecule has 0 N–H and O–H groups in total. The normalized spacial score (nSPS) is 11.6. The predicted molar refractivity (Wildman–Crippen MR) is 184 cm³/mol. The predicted octanol–water partition coefficient (Wildman–Crippen LogP) is 11.6. The lowest BCUT2D eigenvalue weighted by Crippen LogP contribution is -2.09. The molecule has 9 aromatic rings. The monoisotopic (exact) mass is 562 g/mol. The molecule has 3 nitrogen and oxygen atoms in total. The topological polar surface area (TPSA) is 29.3 Å². The third kappa shape index (κ3) is 3.94. The number of fused-ring (bicyclic) bond motifs is 8. The van der Waals surface area contributed by atoms with Crippen molar-refractivity contribution in [1.82, 2.24) is 4.98 Å². The van der Waals surface area contributed by atoms with E-state index in [-0.39, 0.29) is 0 Å². The van der Waals surface area contributed by atoms with Gasteiger partial charge in [0.1, 0.15) is 5.58 Å². The van der Waals surface area contributed by atoms with Gasteiger partial charge in [-0.25, -0.2) is 0 Å². The molecule has 44 heavy (non-hydrogen) atoms. The Bertz CT molecular complexity index is 2490. The van der Waals surface area contributed by atoms with Crippen molar-refractivity contribution in [2.24, 2.45) is 0 Å². The second kappa shape index (κ2) is 9.82. The van der Waals surface area contributed by atoms with Gasteiger partial charge in [0.15, 0.2) is 5.58 Å². The minimum absolute atomic E-state index is 0.805. The largest absolute Gasteiger partial charge is 0.454 e. The van der Waals surface area contributed by atoms with Crippen LogP contribution >= 0.6 is 0 Å². The lowest BCUT2D eigenvalue weighted by molar-refractivity contribution is 0.667. The molecule has 2 aromatic heterocycles. The van der Waals surface area contributed by atoms with Crippen molar-refractivity contribution in [3.63, 3.8) is 0 Å². The van der Waals surface area contributed by atoms with Gasteiger partial charge in [-0.2, -0.15) is 0 Å². The molecule has 206 valence electrons. The zero-order chi connectivity index (χ0) is 29.0. The van der Waals surface area contributed by atoms with Crippen molar-refractivity contribution in [1.29, 1.82) is 0 Å². The van der Waals surface area contributed by atoms with E-state index >= 15 is 0 Å². The van der Waals surface area contributed by atoms with Gasteiger partial charge in [0.2, 0.25) is 0 Å². The van der Waals surface area contributed by atoms with Crippen molar-refractivity contribution in [2.45, 2.75) is 0 Å². The van der Waals surface area contributed by atoms with Crippen molar-refractivity contribution in [2.75, 3.05) is 4.90 Å². The van der Waals surface area contributed by atoms with Gasteiger partial charge >= 0.3 is 0 Å². The van der Waals surface area contributed by atoms with Crippen LogP contribution in [0.1, 0.15) is 0 Å². The summed E-state index contributed by atoms with van der Waals surface area (Å²) in [4.78, 5) is 7.05. The molecule has 0 bridgehead atoms. The quantitative estimate of drug-likeness (QED) is 0.200. The molecule has 2 heterocycles. The summed E-state index contributed by atoms with van der Waals surface area (Å²) in [6, 6.07) is 53.9. The van der Waals surface area contributed by atoms with Crippen LogP contribution in [-0.4, -0.2) is 4.98 Å². The second-order valence-corrected chi connectivity index (χ2v) is 11.2. The number of pyridine rings is 1. The molecule has 0 amide bonds. The minimum atomic E-state index is 0.805. The van der Waals surface area contributed by atoms with Gasteiger partial charge < -0.3 is 9.32 Å². The number of anilines is 3. The maximum absolute atomic E-state index is 6.00. The average Bonchev–Trinajstić information content (AvgIpc) is 3.47. The first-order valence-electron chi connectivity index (χ1n) is 14.9. The van der Waals surface area contributed by atoms with E-state index in [1.165, 1.54) is 32.3 Å². The van der Waals surface area contributed by atoms with E-state index in [0.29, 0.717) is 0 Å². The maximum Gasteiger partial charge on any atom is 0.153 e. The zero-order valence-electron chi connectivity index (χ0n) is 23.8. The highest BCUT2D eigenvalue weighted by molar-refractivity contribution is 6.17. The zero-order valence-corrected chi connectivity index (χ0v) is 23.8. The molecule has 0 saturated carbocycles. The fraction of sp³-hybridized carbons (Fsp3) is 0. The first-order chi connectivity index (χ1) is 21.8. The van der Waals surface area contributed by atoms with Crippen LogP contribution in [0.15, 0.2) is 162 Å². The van der Waals surface area contributed by atoms with Gasteiger partial charge in [-0.15, -0.1) is 0 Å². The van der Waals surface area contributed by atoms with E-state index in [2.05, 4.69) is 138 Å². The Morgan fingerprint density at radius 3 is 1.89 bits per heavy atom. The summed E-state index contributed by atoms with van der Waals surface area (Å²) in [6.07, 6.45) is 1.83. The van der Waals surface area contributed by atoms with Crippen molar-refractivity contribution in [3.05, 3.63) is 158 Å². The summed E-state index contributed by atoms with van der Waals surface area (Å²) >= 11 is 0. The number of aromatic nitrogens is 1. The molecular weight excluding hydrogens is 536 g/mol. The number of rotatable bonds is 4. The Morgan fingerprint density at radius 2 is 1.05 bits per heavy atom. The van der Waals surface area contributed by atoms with E-state index in [0.717, 1.165) is 50.3 Å². The van der Waals surface area contributed by atoms with Gasteiger partial charge in [-0.05, 0) is 80.8 Å². The molecule has 0 radical (unpaired) electrons. The SMILES string of the molecule is c1ccc(N(c2ccc(-c3cc4c(cn3)oc3ccccc34)cc2)c2ccc3c(ccc4c5ccccc5ccc34)c2)cc1. The van der Waals surface area contributed by atoms with Crippen LogP contribution in [0.25, 0.3) is 65.5 Å². The standard InChI is InChI=1S/C41H26N2O/c1-2-9-30(10-3-1)43(32-20-23-34-29(24-32)17-22-35-33-11-5-4-8-27(33)16-21-36(34)35)31-18-14-28(15-19-31)39-25-38-37-12-6-7-13-40(37)44-41(38)26-42-39/h1-26H. The fourth-order valence-electron chi connectivity index (χ4n) is 6.55. The second-order valence-electron chi connectivity index (χ2n) is 11.2. The van der Waals surface area contributed by atoms with E-state index in [1.54, 1.807) is 0 Å². The summed E-state index contributed by atoms with van der Waals surface area (Å²) in [7, 11) is 0. The molecule has 7 aromatic carbocycles. The molecule has 0 aliphatic heterocycles. The molecule has 0 unspecified atom stereocenters. The number of hydrogen-bond donors (Lipinski definition) is 0. The van der Waals surface area contributed by atoms with Crippen LogP contribution < -0.4 is 4.90 Å². The number of furan rings is 1. The van der Waals surface area contributed by atoms with Crippen LogP contribution in [0, 0.1) is 0 Å². The molecule has 0 aliphatic rings. The van der Waals surface area contributed by atoms with E-state index in [9.17, 15) is 0 Å². The van der Waals surface area contributed by atoms with Crippen LogP contribution in [0.2, 0.25) is 0 Å². The summed E-state index contributed by atoms with van der Waals surface area (Å²) < 4.78 is 6.00. The fourth-order valence-corrected chi connectivity index (χ4v) is 6.55. The highest BCUT2D eigenvalue weighted by Gasteiger charge is 2.15. The lowest BCUT2D eigenvalue weighted by atomic mass is 9.96. The number of para-hydroxylation sites is 2. The smallest absolute Gasteiger partial charge is 0.153 e. The molecule has 0 aliphatic carbocycles. The summed E-state index contributed by atoms with van der Waals surface area (Å²) in [5, 5.41) is 9.78. The minimum Gasteiger partial charge on any atom is -0.454 e. The highest BCUT2D eigenvalue weighted by Crippen LogP contribution is 2.39. The molecule has 9 rings (SSSR count). The third-order valence-corrected chi connectivity index (χ3v) is 8.68. The molecule has 0 spiro atoms. The van der Waals surface area contributed by atoms with Gasteiger partial charge in [-0.3, -0.25) is 4.98 Å². The first-order valence-corrected chi connectivity index (χ1v) is 14.9. The average molecular weight is 563 g/mol. The van der Waals surface area contributed by atoms with Crippen LogP contribution in [-0.2, 0) is 0 Å². The summed E-state index contributed by atoms with van der Waals surface area (Å²) in [6.45, 7) is 0. The molecule has 0 atom stereocenters. The maximum atomic E-state index is 6.00. The summed E-state index contributed by atoms with van der Waals surface area (Å²) in [5.74, 6) is 0. The Hall–Kier alpha value is -5.93. The van der Waals surface area contributed by atoms with Crippen molar-refractivity contribution >= 4 is 71.3 Å². The number of hydrogen-bond acceptors (Lipinski definition) is 3. The molecular formula is C41H26N2O. The Balaban J connectivity index is 1.14. The number of benzene rings is 7. The Labute approximate surface area is 254 Å². The summed E-state index contributed by atoms with van der Waals surface area (Å²) in [5.41, 5.74) is 6.97. The molecule has 0 saturated heterocycles. The van der Waals surface area contributed by atoms with Crippen LogP contribution in [0.4, 0.5) is 17.1 Å². The molecule has 3 heteroatoms. The van der Waals surface area contributed by atoms with E-state index in [1.807, 2.05) is 24.4 Å². The highest BCUT2D eigenvalue weighted by atomic mass is 16.3. The lowest BCUT2D eigenvalue weighted by Gasteiger charge is -2.26. The van der Waals surface area contributed by atoms with Crippen LogP contribution in [0.3, 0.4) is 0 Å². The van der Waals surface area contributed by atoms with Crippen LogP contribution in [0.5, 0.6) is 0 Å². The first kappa shape index (κ1) is 24.6. The van der Waals surface area contributed by atoms with Gasteiger partial charge in [0, 0.05) is 33.4 Å². The molecule has 0 fully saturated rings. The Kier molecular flexibility index (Phi) is 5.50. The van der Waals surface area contributed by atoms with Gasteiger partial charge in [0.05, 0.1) is 11.9 Å². The van der Waals surface area contributed by atoms with E-state index < -0.39 is 0 Å². The van der Waals surface area contributed by atoms with Gasteiger partial charge in [0.25, 0.3) is 0 Å². The number of nitrogens with zero attached hydrogens (tertiary/aromatic N) is 2.